The summed E-state index contributed by atoms with van der Waals surface area (Å²) in [6.45, 7) is 2.80. The molecule has 1 aromatic heterocycles. The van der Waals surface area contributed by atoms with Crippen molar-refractivity contribution in [2.45, 2.75) is 38.6 Å². The van der Waals surface area contributed by atoms with Gasteiger partial charge in [0.25, 0.3) is 0 Å². The molecule has 1 heterocycles. The molecule has 0 aliphatic heterocycles. The number of hydrogen-bond acceptors (Lipinski definition) is 5. The van der Waals surface area contributed by atoms with Crippen molar-refractivity contribution in [1.29, 1.82) is 5.26 Å². The van der Waals surface area contributed by atoms with E-state index in [1.54, 1.807) is 7.11 Å². The quantitative estimate of drug-likeness (QED) is 0.742. The van der Waals surface area contributed by atoms with Gasteiger partial charge >= 0.3 is 0 Å². The highest BCUT2D eigenvalue weighted by atomic mass is 16.5. The summed E-state index contributed by atoms with van der Waals surface area (Å²) in [6.07, 6.45) is 2.54. The fraction of sp³-hybridized carbons (Fsp3) is 0.750. The number of nitrogens with zero attached hydrogens (tertiary/aromatic N) is 4. The summed E-state index contributed by atoms with van der Waals surface area (Å²) in [7, 11) is 1.65. The maximum Gasteiger partial charge on any atom is 0.100 e. The first-order valence-electron chi connectivity index (χ1n) is 6.14. The van der Waals surface area contributed by atoms with Crippen LogP contribution in [0.25, 0.3) is 0 Å². The Morgan fingerprint density at radius 3 is 2.94 bits per heavy atom. The molecular formula is C12H20N4O2. The van der Waals surface area contributed by atoms with E-state index >= 15 is 0 Å². The molecule has 0 spiro atoms. The van der Waals surface area contributed by atoms with Crippen LogP contribution in [0.4, 0.5) is 0 Å². The lowest BCUT2D eigenvalue weighted by atomic mass is 10.1. The zero-order valence-corrected chi connectivity index (χ0v) is 11.0. The van der Waals surface area contributed by atoms with E-state index in [0.29, 0.717) is 13.0 Å². The Morgan fingerprint density at radius 2 is 2.33 bits per heavy atom. The summed E-state index contributed by atoms with van der Waals surface area (Å²) in [6, 6.07) is 2.27. The van der Waals surface area contributed by atoms with Gasteiger partial charge in [-0.2, -0.15) is 5.26 Å². The van der Waals surface area contributed by atoms with Crippen molar-refractivity contribution in [3.05, 3.63) is 11.4 Å². The lowest BCUT2D eigenvalue weighted by molar-refractivity contribution is 0.198. The Morgan fingerprint density at radius 1 is 1.56 bits per heavy atom. The zero-order chi connectivity index (χ0) is 13.4. The van der Waals surface area contributed by atoms with Crippen LogP contribution in [0.2, 0.25) is 0 Å². The molecule has 0 fully saturated rings. The minimum Gasteiger partial charge on any atom is -0.396 e. The van der Waals surface area contributed by atoms with Crippen LogP contribution < -0.4 is 0 Å². The highest BCUT2D eigenvalue weighted by molar-refractivity contribution is 5.15. The van der Waals surface area contributed by atoms with E-state index in [1.807, 2.05) is 11.6 Å². The molecule has 0 amide bonds. The summed E-state index contributed by atoms with van der Waals surface area (Å²) < 4.78 is 6.92. The van der Waals surface area contributed by atoms with Gasteiger partial charge in [0, 0.05) is 20.1 Å². The average molecular weight is 252 g/mol. The minimum absolute atomic E-state index is 0.170. The van der Waals surface area contributed by atoms with Crippen molar-refractivity contribution >= 4 is 0 Å². The third kappa shape index (κ3) is 3.79. The SMILES string of the molecule is COCCc1c(CC#N)nnn1C(C)CCCO. The maximum absolute atomic E-state index is 8.85. The van der Waals surface area contributed by atoms with Crippen LogP contribution in [0.15, 0.2) is 0 Å². The van der Waals surface area contributed by atoms with Crippen LogP contribution >= 0.6 is 0 Å². The molecule has 0 aliphatic carbocycles. The summed E-state index contributed by atoms with van der Waals surface area (Å²) in [5.74, 6) is 0. The zero-order valence-electron chi connectivity index (χ0n) is 11.0. The standard InChI is InChI=1S/C12H20N4O2/c1-10(4-3-8-17)16-12(6-9-18-2)11(5-7-13)14-15-16/h10,17H,3-6,8-9H2,1-2H3. The van der Waals surface area contributed by atoms with Crippen LogP contribution in [0, 0.1) is 11.3 Å². The molecule has 1 N–H and O–H groups in total. The van der Waals surface area contributed by atoms with Gasteiger partial charge in [-0.05, 0) is 19.8 Å². The lowest BCUT2D eigenvalue weighted by Gasteiger charge is -2.14. The molecule has 0 saturated carbocycles. The average Bonchev–Trinajstić information content (AvgIpc) is 2.77. The summed E-state index contributed by atoms with van der Waals surface area (Å²) >= 11 is 0. The van der Waals surface area contributed by atoms with E-state index in [9.17, 15) is 0 Å². The van der Waals surface area contributed by atoms with E-state index < -0.39 is 0 Å². The Kier molecular flexibility index (Phi) is 6.33. The molecular weight excluding hydrogens is 232 g/mol. The Bertz CT molecular complexity index is 397. The van der Waals surface area contributed by atoms with E-state index in [2.05, 4.69) is 16.4 Å². The highest BCUT2D eigenvalue weighted by Gasteiger charge is 2.16. The summed E-state index contributed by atoms with van der Waals surface area (Å²) in [5, 5.41) is 25.8. The van der Waals surface area contributed by atoms with Crippen LogP contribution in [-0.2, 0) is 17.6 Å². The molecule has 6 heteroatoms. The van der Waals surface area contributed by atoms with Crippen molar-refractivity contribution in [2.75, 3.05) is 20.3 Å². The first-order chi connectivity index (χ1) is 8.74. The lowest BCUT2D eigenvalue weighted by Crippen LogP contribution is -2.13. The molecule has 1 aromatic rings. The molecule has 0 aromatic carbocycles. The van der Waals surface area contributed by atoms with Crippen molar-refractivity contribution in [1.82, 2.24) is 15.0 Å². The third-order valence-electron chi connectivity index (χ3n) is 2.86. The van der Waals surface area contributed by atoms with Gasteiger partial charge in [0.15, 0.2) is 0 Å². The largest absolute Gasteiger partial charge is 0.396 e. The molecule has 100 valence electrons. The number of rotatable bonds is 8. The second-order valence-corrected chi connectivity index (χ2v) is 4.22. The number of ether oxygens (including phenoxy) is 1. The number of methoxy groups -OCH3 is 1. The Hall–Kier alpha value is -1.45. The number of nitriles is 1. The molecule has 0 radical (unpaired) electrons. The fourth-order valence-corrected chi connectivity index (χ4v) is 1.88. The maximum atomic E-state index is 8.85. The van der Waals surface area contributed by atoms with Crippen molar-refractivity contribution in [2.24, 2.45) is 0 Å². The van der Waals surface area contributed by atoms with E-state index in [-0.39, 0.29) is 19.1 Å². The molecule has 0 saturated heterocycles. The second-order valence-electron chi connectivity index (χ2n) is 4.22. The van der Waals surface area contributed by atoms with Gasteiger partial charge in [-0.1, -0.05) is 5.21 Å². The van der Waals surface area contributed by atoms with Gasteiger partial charge in [-0.25, -0.2) is 4.68 Å². The monoisotopic (exact) mass is 252 g/mol. The third-order valence-corrected chi connectivity index (χ3v) is 2.86. The van der Waals surface area contributed by atoms with Crippen LogP contribution in [0.3, 0.4) is 0 Å². The van der Waals surface area contributed by atoms with Gasteiger partial charge < -0.3 is 9.84 Å². The van der Waals surface area contributed by atoms with Crippen LogP contribution in [0.1, 0.15) is 37.2 Å². The van der Waals surface area contributed by atoms with E-state index in [1.165, 1.54) is 0 Å². The first kappa shape index (κ1) is 14.6. The molecule has 1 unspecified atom stereocenters. The van der Waals surface area contributed by atoms with Gasteiger partial charge in [0.2, 0.25) is 0 Å². The predicted octanol–water partition coefficient (Wildman–Crippen LogP) is 0.867. The first-order valence-corrected chi connectivity index (χ1v) is 6.14. The minimum atomic E-state index is 0.170. The smallest absolute Gasteiger partial charge is 0.100 e. The molecule has 0 aliphatic rings. The van der Waals surface area contributed by atoms with Crippen molar-refractivity contribution in [3.8, 4) is 6.07 Å². The predicted molar refractivity (Wildman–Crippen MR) is 65.9 cm³/mol. The number of aromatic nitrogens is 3. The summed E-state index contributed by atoms with van der Waals surface area (Å²) in [4.78, 5) is 0. The topological polar surface area (TPSA) is 84.0 Å². The summed E-state index contributed by atoms with van der Waals surface area (Å²) in [5.41, 5.74) is 1.69. The van der Waals surface area contributed by atoms with Gasteiger partial charge in [0.05, 0.1) is 30.8 Å². The van der Waals surface area contributed by atoms with E-state index in [0.717, 1.165) is 24.2 Å². The highest BCUT2D eigenvalue weighted by Crippen LogP contribution is 2.17. The Labute approximate surface area is 107 Å². The number of aliphatic hydroxyl groups is 1. The van der Waals surface area contributed by atoms with Crippen LogP contribution in [0.5, 0.6) is 0 Å². The van der Waals surface area contributed by atoms with Crippen LogP contribution in [-0.4, -0.2) is 40.4 Å². The molecule has 18 heavy (non-hydrogen) atoms. The number of hydrogen-bond donors (Lipinski definition) is 1. The van der Waals surface area contributed by atoms with Gasteiger partial charge in [0.1, 0.15) is 5.69 Å². The molecule has 0 bridgehead atoms. The van der Waals surface area contributed by atoms with Gasteiger partial charge in [-0.3, -0.25) is 0 Å². The number of aliphatic hydroxyl groups excluding tert-OH is 1. The van der Waals surface area contributed by atoms with Crippen molar-refractivity contribution in [3.63, 3.8) is 0 Å². The van der Waals surface area contributed by atoms with Gasteiger partial charge in [-0.15, -0.1) is 5.10 Å². The fourth-order valence-electron chi connectivity index (χ4n) is 1.88. The van der Waals surface area contributed by atoms with Crippen molar-refractivity contribution < 1.29 is 9.84 Å². The Balaban J connectivity index is 2.85. The normalized spacial score (nSPS) is 12.3. The molecule has 1 atom stereocenters. The second kappa shape index (κ2) is 7.80. The van der Waals surface area contributed by atoms with E-state index in [4.69, 9.17) is 15.1 Å². The molecule has 1 rings (SSSR count). The molecule has 6 nitrogen and oxygen atoms in total.